The standard InChI is InChI=1S/C15H12Cl2FNO2/c1-9(21-12-4-2-3-10(16)7-12)15(20)19-14-8-11(17)5-6-13(14)18/h2-9H,1H3,(H,19,20). The number of carbonyl (C=O) groups is 1. The van der Waals surface area contributed by atoms with Crippen LogP contribution in [-0.2, 0) is 4.79 Å². The molecule has 1 atom stereocenters. The number of anilines is 1. The van der Waals surface area contributed by atoms with E-state index < -0.39 is 17.8 Å². The molecule has 0 spiro atoms. The summed E-state index contributed by atoms with van der Waals surface area (Å²) in [6.07, 6.45) is -0.818. The molecule has 3 nitrogen and oxygen atoms in total. The van der Waals surface area contributed by atoms with Gasteiger partial charge in [0.2, 0.25) is 0 Å². The van der Waals surface area contributed by atoms with Crippen molar-refractivity contribution in [1.29, 1.82) is 0 Å². The van der Waals surface area contributed by atoms with Crippen LogP contribution in [0.5, 0.6) is 5.75 Å². The number of rotatable bonds is 4. The van der Waals surface area contributed by atoms with Crippen molar-refractivity contribution >= 4 is 34.8 Å². The maximum atomic E-state index is 13.5. The molecule has 110 valence electrons. The monoisotopic (exact) mass is 327 g/mol. The molecule has 1 amide bonds. The number of carbonyl (C=O) groups excluding carboxylic acids is 1. The molecule has 2 aromatic rings. The highest BCUT2D eigenvalue weighted by atomic mass is 35.5. The maximum absolute atomic E-state index is 13.5. The van der Waals surface area contributed by atoms with Gasteiger partial charge in [0, 0.05) is 10.0 Å². The smallest absolute Gasteiger partial charge is 0.265 e. The third-order valence-electron chi connectivity index (χ3n) is 2.66. The summed E-state index contributed by atoms with van der Waals surface area (Å²) in [4.78, 5) is 12.0. The third kappa shape index (κ3) is 4.34. The number of hydrogen-bond acceptors (Lipinski definition) is 2. The number of ether oxygens (including phenoxy) is 1. The first-order chi connectivity index (χ1) is 9.95. The molecule has 6 heteroatoms. The average molecular weight is 328 g/mol. The highest BCUT2D eigenvalue weighted by molar-refractivity contribution is 6.31. The predicted molar refractivity (Wildman–Crippen MR) is 81.6 cm³/mol. The Morgan fingerprint density at radius 3 is 2.62 bits per heavy atom. The average Bonchev–Trinajstić information content (AvgIpc) is 2.43. The molecule has 2 aromatic carbocycles. The quantitative estimate of drug-likeness (QED) is 0.895. The molecule has 0 bridgehead atoms. The van der Waals surface area contributed by atoms with Gasteiger partial charge in [0.25, 0.3) is 5.91 Å². The molecule has 0 radical (unpaired) electrons. The Balaban J connectivity index is 2.04. The van der Waals surface area contributed by atoms with Gasteiger partial charge in [0.1, 0.15) is 11.6 Å². The maximum Gasteiger partial charge on any atom is 0.265 e. The number of benzene rings is 2. The molecule has 0 aliphatic carbocycles. The highest BCUT2D eigenvalue weighted by Crippen LogP contribution is 2.21. The van der Waals surface area contributed by atoms with Crippen LogP contribution >= 0.6 is 23.2 Å². The second kappa shape index (κ2) is 6.78. The molecule has 0 aliphatic heterocycles. The molecule has 0 saturated heterocycles. The molecule has 0 aromatic heterocycles. The van der Waals surface area contributed by atoms with Crippen LogP contribution in [0.1, 0.15) is 6.92 Å². The minimum absolute atomic E-state index is 0.00837. The van der Waals surface area contributed by atoms with Gasteiger partial charge in [-0.2, -0.15) is 0 Å². The summed E-state index contributed by atoms with van der Waals surface area (Å²) in [5, 5.41) is 3.26. The summed E-state index contributed by atoms with van der Waals surface area (Å²) in [6.45, 7) is 1.55. The van der Waals surface area contributed by atoms with Gasteiger partial charge in [-0.05, 0) is 43.3 Å². The Labute approximate surface area is 131 Å². The SMILES string of the molecule is CC(Oc1cccc(Cl)c1)C(=O)Nc1cc(Cl)ccc1F. The van der Waals surface area contributed by atoms with Crippen LogP contribution in [0.4, 0.5) is 10.1 Å². The zero-order valence-corrected chi connectivity index (χ0v) is 12.6. The van der Waals surface area contributed by atoms with E-state index in [1.807, 2.05) is 0 Å². The fraction of sp³-hybridized carbons (Fsp3) is 0.133. The van der Waals surface area contributed by atoms with Gasteiger partial charge in [-0.25, -0.2) is 4.39 Å². The molecular weight excluding hydrogens is 316 g/mol. The van der Waals surface area contributed by atoms with Crippen LogP contribution in [0.25, 0.3) is 0 Å². The summed E-state index contributed by atoms with van der Waals surface area (Å²) in [6, 6.07) is 10.6. The van der Waals surface area contributed by atoms with Crippen LogP contribution in [0.15, 0.2) is 42.5 Å². The van der Waals surface area contributed by atoms with Crippen LogP contribution in [0.2, 0.25) is 10.0 Å². The van der Waals surface area contributed by atoms with Gasteiger partial charge in [0.15, 0.2) is 6.10 Å². The number of hydrogen-bond donors (Lipinski definition) is 1. The minimum atomic E-state index is -0.818. The fourth-order valence-electron chi connectivity index (χ4n) is 1.63. The van der Waals surface area contributed by atoms with Crippen molar-refractivity contribution in [3.63, 3.8) is 0 Å². The first kappa shape index (κ1) is 15.6. The van der Waals surface area contributed by atoms with Gasteiger partial charge in [0.05, 0.1) is 5.69 Å². The Hall–Kier alpha value is -1.78. The fourth-order valence-corrected chi connectivity index (χ4v) is 1.98. The first-order valence-electron chi connectivity index (χ1n) is 6.14. The van der Waals surface area contributed by atoms with E-state index >= 15 is 0 Å². The molecule has 1 N–H and O–H groups in total. The molecule has 21 heavy (non-hydrogen) atoms. The summed E-state index contributed by atoms with van der Waals surface area (Å²) in [5.41, 5.74) is 0.00837. The van der Waals surface area contributed by atoms with Crippen molar-refractivity contribution < 1.29 is 13.9 Å². The number of halogens is 3. The van der Waals surface area contributed by atoms with Crippen LogP contribution < -0.4 is 10.1 Å². The third-order valence-corrected chi connectivity index (χ3v) is 3.13. The van der Waals surface area contributed by atoms with Crippen molar-refractivity contribution in [2.45, 2.75) is 13.0 Å². The van der Waals surface area contributed by atoms with E-state index in [0.29, 0.717) is 15.8 Å². The molecule has 2 rings (SSSR count). The molecule has 0 saturated carbocycles. The Morgan fingerprint density at radius 2 is 1.90 bits per heavy atom. The van der Waals surface area contributed by atoms with Crippen LogP contribution in [0.3, 0.4) is 0 Å². The van der Waals surface area contributed by atoms with Gasteiger partial charge < -0.3 is 10.1 Å². The molecule has 1 unspecified atom stereocenters. The van der Waals surface area contributed by atoms with Gasteiger partial charge in [-0.3, -0.25) is 4.79 Å². The lowest BCUT2D eigenvalue weighted by Gasteiger charge is -2.15. The van der Waals surface area contributed by atoms with Gasteiger partial charge in [-0.1, -0.05) is 29.3 Å². The largest absolute Gasteiger partial charge is 0.481 e. The zero-order chi connectivity index (χ0) is 15.4. The summed E-state index contributed by atoms with van der Waals surface area (Å²) < 4.78 is 19.0. The Bertz CT molecular complexity index is 664. The first-order valence-corrected chi connectivity index (χ1v) is 6.89. The predicted octanol–water partition coefficient (Wildman–Crippen LogP) is 4.54. The van der Waals surface area contributed by atoms with Gasteiger partial charge in [-0.15, -0.1) is 0 Å². The van der Waals surface area contributed by atoms with E-state index in [2.05, 4.69) is 5.32 Å². The number of nitrogens with one attached hydrogen (secondary N) is 1. The Morgan fingerprint density at radius 1 is 1.19 bits per heavy atom. The van der Waals surface area contributed by atoms with E-state index in [0.717, 1.165) is 0 Å². The lowest BCUT2D eigenvalue weighted by atomic mass is 10.2. The van der Waals surface area contributed by atoms with Crippen molar-refractivity contribution in [2.75, 3.05) is 5.32 Å². The van der Waals surface area contributed by atoms with Crippen molar-refractivity contribution in [1.82, 2.24) is 0 Å². The van der Waals surface area contributed by atoms with Crippen molar-refractivity contribution in [3.05, 3.63) is 58.3 Å². The molecule has 0 aliphatic rings. The number of amides is 1. The normalized spacial score (nSPS) is 11.8. The molecular formula is C15H12Cl2FNO2. The second-order valence-electron chi connectivity index (χ2n) is 4.33. The Kier molecular flexibility index (Phi) is 5.04. The van der Waals surface area contributed by atoms with E-state index in [-0.39, 0.29) is 5.69 Å². The topological polar surface area (TPSA) is 38.3 Å². The van der Waals surface area contributed by atoms with Crippen molar-refractivity contribution in [2.24, 2.45) is 0 Å². The van der Waals surface area contributed by atoms with Crippen molar-refractivity contribution in [3.8, 4) is 5.75 Å². The highest BCUT2D eigenvalue weighted by Gasteiger charge is 2.16. The summed E-state index contributed by atoms with van der Waals surface area (Å²) in [5.74, 6) is -0.601. The van der Waals surface area contributed by atoms with E-state index in [1.54, 1.807) is 31.2 Å². The van der Waals surface area contributed by atoms with Gasteiger partial charge >= 0.3 is 0 Å². The van der Waals surface area contributed by atoms with Crippen LogP contribution in [0, 0.1) is 5.82 Å². The summed E-state index contributed by atoms with van der Waals surface area (Å²) in [7, 11) is 0. The van der Waals surface area contributed by atoms with E-state index in [1.165, 1.54) is 18.2 Å². The second-order valence-corrected chi connectivity index (χ2v) is 5.20. The molecule has 0 fully saturated rings. The minimum Gasteiger partial charge on any atom is -0.481 e. The molecule has 0 heterocycles. The van der Waals surface area contributed by atoms with E-state index in [4.69, 9.17) is 27.9 Å². The summed E-state index contributed by atoms with van der Waals surface area (Å²) >= 11 is 11.6. The van der Waals surface area contributed by atoms with Crippen LogP contribution in [-0.4, -0.2) is 12.0 Å². The lowest BCUT2D eigenvalue weighted by molar-refractivity contribution is -0.122. The van der Waals surface area contributed by atoms with E-state index in [9.17, 15) is 9.18 Å². The lowest BCUT2D eigenvalue weighted by Crippen LogP contribution is -2.30. The zero-order valence-electron chi connectivity index (χ0n) is 11.1.